The molecular weight excluding hydrogens is 244 g/mol. The van der Waals surface area contributed by atoms with Crippen LogP contribution in [0.4, 0.5) is 5.69 Å². The Morgan fingerprint density at radius 2 is 1.60 bits per heavy atom. The van der Waals surface area contributed by atoms with E-state index in [1.807, 2.05) is 7.05 Å². The van der Waals surface area contributed by atoms with Crippen molar-refractivity contribution in [2.75, 3.05) is 11.9 Å². The molecule has 0 saturated heterocycles. The standard InChI is InChI=1S/C18H22N2/c1-3-17(19-2)16-10-6-7-11-18(16)20-12-14-8-4-5-9-15(14)13-20/h4-11,17,19H,3,12-13H2,1-2H3. The van der Waals surface area contributed by atoms with Gasteiger partial charge in [0.15, 0.2) is 0 Å². The molecule has 1 atom stereocenters. The van der Waals surface area contributed by atoms with Gasteiger partial charge >= 0.3 is 0 Å². The molecule has 1 aliphatic heterocycles. The van der Waals surface area contributed by atoms with Crippen molar-refractivity contribution in [3.63, 3.8) is 0 Å². The second-order valence-corrected chi connectivity index (χ2v) is 5.43. The van der Waals surface area contributed by atoms with E-state index in [1.54, 1.807) is 0 Å². The maximum absolute atomic E-state index is 3.43. The third-order valence-electron chi connectivity index (χ3n) is 4.25. The quantitative estimate of drug-likeness (QED) is 0.903. The van der Waals surface area contributed by atoms with Crippen molar-refractivity contribution in [3.8, 4) is 0 Å². The highest BCUT2D eigenvalue weighted by atomic mass is 15.1. The highest BCUT2D eigenvalue weighted by molar-refractivity contribution is 5.58. The average Bonchev–Trinajstić information content (AvgIpc) is 2.93. The first-order valence-corrected chi connectivity index (χ1v) is 7.41. The first-order valence-electron chi connectivity index (χ1n) is 7.41. The van der Waals surface area contributed by atoms with Crippen molar-refractivity contribution in [2.24, 2.45) is 0 Å². The number of hydrogen-bond donors (Lipinski definition) is 1. The number of fused-ring (bicyclic) bond motifs is 1. The van der Waals surface area contributed by atoms with Crippen molar-refractivity contribution >= 4 is 5.69 Å². The van der Waals surface area contributed by atoms with Crippen LogP contribution in [0.25, 0.3) is 0 Å². The number of nitrogens with zero attached hydrogens (tertiary/aromatic N) is 1. The molecule has 0 bridgehead atoms. The first kappa shape index (κ1) is 13.2. The van der Waals surface area contributed by atoms with E-state index < -0.39 is 0 Å². The summed E-state index contributed by atoms with van der Waals surface area (Å²) in [5.74, 6) is 0. The van der Waals surface area contributed by atoms with Crippen LogP contribution in [-0.4, -0.2) is 7.05 Å². The van der Waals surface area contributed by atoms with Crippen LogP contribution in [0.3, 0.4) is 0 Å². The van der Waals surface area contributed by atoms with Crippen LogP contribution in [0.2, 0.25) is 0 Å². The Hall–Kier alpha value is -1.80. The van der Waals surface area contributed by atoms with Gasteiger partial charge in [-0.3, -0.25) is 0 Å². The molecule has 0 amide bonds. The summed E-state index contributed by atoms with van der Waals surface area (Å²) in [6.07, 6.45) is 1.11. The summed E-state index contributed by atoms with van der Waals surface area (Å²) in [7, 11) is 2.05. The fourth-order valence-electron chi connectivity index (χ4n) is 3.15. The number of anilines is 1. The molecule has 0 fully saturated rings. The molecule has 1 heterocycles. The molecule has 1 unspecified atom stereocenters. The Morgan fingerprint density at radius 3 is 2.20 bits per heavy atom. The predicted molar refractivity (Wildman–Crippen MR) is 84.9 cm³/mol. The van der Waals surface area contributed by atoms with E-state index >= 15 is 0 Å². The zero-order chi connectivity index (χ0) is 13.9. The van der Waals surface area contributed by atoms with E-state index in [0.29, 0.717) is 6.04 Å². The van der Waals surface area contributed by atoms with E-state index in [1.165, 1.54) is 22.4 Å². The average molecular weight is 266 g/mol. The molecule has 2 nitrogen and oxygen atoms in total. The van der Waals surface area contributed by atoms with Gasteiger partial charge in [0.05, 0.1) is 0 Å². The highest BCUT2D eigenvalue weighted by Crippen LogP contribution is 2.33. The third-order valence-corrected chi connectivity index (χ3v) is 4.25. The Balaban J connectivity index is 1.93. The molecule has 2 heteroatoms. The maximum atomic E-state index is 3.43. The van der Waals surface area contributed by atoms with E-state index in [0.717, 1.165) is 19.5 Å². The topological polar surface area (TPSA) is 15.3 Å². The van der Waals surface area contributed by atoms with Gasteiger partial charge in [0.25, 0.3) is 0 Å². The first-order chi connectivity index (χ1) is 9.83. The fourth-order valence-corrected chi connectivity index (χ4v) is 3.15. The normalized spacial score (nSPS) is 15.2. The number of para-hydroxylation sites is 1. The van der Waals surface area contributed by atoms with Crippen LogP contribution < -0.4 is 10.2 Å². The molecule has 3 rings (SSSR count). The largest absolute Gasteiger partial charge is 0.363 e. The van der Waals surface area contributed by atoms with Crippen molar-refractivity contribution in [2.45, 2.75) is 32.5 Å². The van der Waals surface area contributed by atoms with Crippen molar-refractivity contribution in [1.82, 2.24) is 5.32 Å². The van der Waals surface area contributed by atoms with Gasteiger partial charge in [0.1, 0.15) is 0 Å². The summed E-state index contributed by atoms with van der Waals surface area (Å²) in [6.45, 7) is 4.28. The van der Waals surface area contributed by atoms with E-state index in [9.17, 15) is 0 Å². The summed E-state index contributed by atoms with van der Waals surface area (Å²) in [4.78, 5) is 2.49. The molecule has 2 aromatic carbocycles. The molecule has 0 saturated carbocycles. The Bertz CT molecular complexity index is 562. The number of rotatable bonds is 4. The maximum Gasteiger partial charge on any atom is 0.0436 e. The highest BCUT2D eigenvalue weighted by Gasteiger charge is 2.22. The Labute approximate surface area is 121 Å². The molecule has 20 heavy (non-hydrogen) atoms. The van der Waals surface area contributed by atoms with Gasteiger partial charge < -0.3 is 10.2 Å². The fraction of sp³-hybridized carbons (Fsp3) is 0.333. The minimum absolute atomic E-state index is 0.426. The van der Waals surface area contributed by atoms with E-state index in [2.05, 4.69) is 65.7 Å². The molecule has 1 N–H and O–H groups in total. The zero-order valence-electron chi connectivity index (χ0n) is 12.3. The molecule has 2 aromatic rings. The molecule has 0 spiro atoms. The lowest BCUT2D eigenvalue weighted by molar-refractivity contribution is 0.575. The summed E-state index contributed by atoms with van der Waals surface area (Å²) in [5.41, 5.74) is 5.69. The molecule has 1 aliphatic rings. The van der Waals surface area contributed by atoms with Crippen molar-refractivity contribution in [3.05, 3.63) is 65.2 Å². The molecule has 0 aliphatic carbocycles. The Morgan fingerprint density at radius 1 is 1.00 bits per heavy atom. The zero-order valence-corrected chi connectivity index (χ0v) is 12.3. The second-order valence-electron chi connectivity index (χ2n) is 5.43. The van der Waals surface area contributed by atoms with Crippen LogP contribution in [0.15, 0.2) is 48.5 Å². The summed E-state index contributed by atoms with van der Waals surface area (Å²) in [5, 5.41) is 3.43. The van der Waals surface area contributed by atoms with E-state index in [-0.39, 0.29) is 0 Å². The van der Waals surface area contributed by atoms with Gasteiger partial charge in [-0.15, -0.1) is 0 Å². The molecular formula is C18H22N2. The third kappa shape index (κ3) is 2.32. The van der Waals surface area contributed by atoms with Crippen LogP contribution in [0.1, 0.15) is 36.1 Å². The number of hydrogen-bond acceptors (Lipinski definition) is 2. The lowest BCUT2D eigenvalue weighted by Crippen LogP contribution is -2.21. The van der Waals surface area contributed by atoms with Gasteiger partial charge in [0.2, 0.25) is 0 Å². The van der Waals surface area contributed by atoms with Crippen LogP contribution >= 0.6 is 0 Å². The SMILES string of the molecule is CCC(NC)c1ccccc1N1Cc2ccccc2C1. The number of benzene rings is 2. The van der Waals surface area contributed by atoms with Crippen LogP contribution in [0, 0.1) is 0 Å². The smallest absolute Gasteiger partial charge is 0.0436 e. The predicted octanol–water partition coefficient (Wildman–Crippen LogP) is 3.88. The summed E-state index contributed by atoms with van der Waals surface area (Å²) >= 11 is 0. The summed E-state index contributed by atoms with van der Waals surface area (Å²) in [6, 6.07) is 18.0. The van der Waals surface area contributed by atoms with E-state index in [4.69, 9.17) is 0 Å². The second kappa shape index (κ2) is 5.68. The van der Waals surface area contributed by atoms with Gasteiger partial charge in [-0.2, -0.15) is 0 Å². The number of nitrogens with one attached hydrogen (secondary N) is 1. The van der Waals surface area contributed by atoms with Gasteiger partial charge in [-0.1, -0.05) is 49.4 Å². The molecule has 0 aromatic heterocycles. The summed E-state index contributed by atoms with van der Waals surface area (Å²) < 4.78 is 0. The minimum Gasteiger partial charge on any atom is -0.363 e. The van der Waals surface area contributed by atoms with Gasteiger partial charge in [0, 0.05) is 24.8 Å². The molecule has 104 valence electrons. The lowest BCUT2D eigenvalue weighted by atomic mass is 10.0. The van der Waals surface area contributed by atoms with Crippen LogP contribution in [0.5, 0.6) is 0 Å². The van der Waals surface area contributed by atoms with Gasteiger partial charge in [-0.05, 0) is 36.2 Å². The molecule has 0 radical (unpaired) electrons. The van der Waals surface area contributed by atoms with Crippen molar-refractivity contribution in [1.29, 1.82) is 0 Å². The monoisotopic (exact) mass is 266 g/mol. The minimum atomic E-state index is 0.426. The van der Waals surface area contributed by atoms with Crippen molar-refractivity contribution < 1.29 is 0 Å². The lowest BCUT2D eigenvalue weighted by Gasteiger charge is -2.25. The van der Waals surface area contributed by atoms with Gasteiger partial charge in [-0.25, -0.2) is 0 Å². The van der Waals surface area contributed by atoms with Crippen LogP contribution in [-0.2, 0) is 13.1 Å². The Kier molecular flexibility index (Phi) is 3.75.